The fourth-order valence-electron chi connectivity index (χ4n) is 3.20. The number of ether oxygens (including phenoxy) is 1. The lowest BCUT2D eigenvalue weighted by Crippen LogP contribution is -2.21. The standard InChI is InChI=1S/C23H28N6O3S.C2HF3O2/c1-33(30,31)29-19-11-7-17(8-12-19)13-14-24-22-26-21(18-9-10-18)27-23(28-22)25-15-16-32-20-5-3-2-4-6-20;3-2(4,5)1(6)7/h2-8,11-12,18,29H,9-10,13-16H2,1H3,(H2,24,25,26,27,28);(H,6,7). The molecule has 40 heavy (non-hydrogen) atoms. The largest absolute Gasteiger partial charge is 0.492 e. The summed E-state index contributed by atoms with van der Waals surface area (Å²) in [6, 6.07) is 17.0. The fourth-order valence-corrected chi connectivity index (χ4v) is 3.76. The number of anilines is 3. The second kappa shape index (κ2) is 13.8. The SMILES string of the molecule is CS(=O)(=O)Nc1ccc(CCNc2nc(NCCOc3ccccc3)nc(C3CC3)n2)cc1.O=C(O)C(F)(F)F. The second-order valence-electron chi connectivity index (χ2n) is 8.75. The summed E-state index contributed by atoms with van der Waals surface area (Å²) in [7, 11) is -3.27. The van der Waals surface area contributed by atoms with Gasteiger partial charge in [-0.1, -0.05) is 30.3 Å². The summed E-state index contributed by atoms with van der Waals surface area (Å²) >= 11 is 0. The lowest BCUT2D eigenvalue weighted by molar-refractivity contribution is -0.192. The Kier molecular flexibility index (Phi) is 10.5. The zero-order valence-electron chi connectivity index (χ0n) is 21.5. The number of nitrogens with one attached hydrogen (secondary N) is 3. The number of rotatable bonds is 12. The molecule has 11 nitrogen and oxygen atoms in total. The van der Waals surface area contributed by atoms with Crippen molar-refractivity contribution in [3.05, 3.63) is 66.0 Å². The van der Waals surface area contributed by atoms with E-state index in [0.717, 1.165) is 42.7 Å². The summed E-state index contributed by atoms with van der Waals surface area (Å²) in [6.45, 7) is 1.72. The van der Waals surface area contributed by atoms with Crippen molar-refractivity contribution in [3.63, 3.8) is 0 Å². The molecule has 216 valence electrons. The van der Waals surface area contributed by atoms with Crippen LogP contribution in [0, 0.1) is 0 Å². The van der Waals surface area contributed by atoms with E-state index in [1.807, 2.05) is 42.5 Å². The molecule has 2 aromatic carbocycles. The van der Waals surface area contributed by atoms with Gasteiger partial charge in [-0.05, 0) is 49.1 Å². The summed E-state index contributed by atoms with van der Waals surface area (Å²) in [5, 5.41) is 13.6. The number of sulfonamides is 1. The average molecular weight is 583 g/mol. The molecule has 0 atom stereocenters. The number of nitrogens with zero attached hydrogens (tertiary/aromatic N) is 3. The molecule has 0 spiro atoms. The Morgan fingerprint density at radius 2 is 1.55 bits per heavy atom. The normalized spacial score (nSPS) is 13.0. The van der Waals surface area contributed by atoms with Crippen LogP contribution in [0.3, 0.4) is 0 Å². The van der Waals surface area contributed by atoms with Crippen LogP contribution >= 0.6 is 0 Å². The van der Waals surface area contributed by atoms with E-state index in [0.29, 0.717) is 43.2 Å². The van der Waals surface area contributed by atoms with E-state index in [1.165, 1.54) is 0 Å². The molecule has 4 rings (SSSR count). The number of aromatic nitrogens is 3. The maximum absolute atomic E-state index is 11.3. The third kappa shape index (κ3) is 11.3. The number of para-hydroxylation sites is 1. The summed E-state index contributed by atoms with van der Waals surface area (Å²) in [5.41, 5.74) is 1.63. The fraction of sp³-hybridized carbons (Fsp3) is 0.360. The molecule has 1 aliphatic carbocycles. The highest BCUT2D eigenvalue weighted by Crippen LogP contribution is 2.38. The third-order valence-corrected chi connectivity index (χ3v) is 5.80. The Hall–Kier alpha value is -4.14. The van der Waals surface area contributed by atoms with E-state index in [1.54, 1.807) is 12.1 Å². The van der Waals surface area contributed by atoms with Gasteiger partial charge in [-0.2, -0.15) is 28.1 Å². The third-order valence-electron chi connectivity index (χ3n) is 5.19. The molecule has 0 aliphatic heterocycles. The van der Waals surface area contributed by atoms with Gasteiger partial charge in [0.05, 0.1) is 12.8 Å². The molecule has 1 aliphatic rings. The van der Waals surface area contributed by atoms with Crippen molar-refractivity contribution in [2.75, 3.05) is 41.3 Å². The second-order valence-corrected chi connectivity index (χ2v) is 10.5. The number of carboxylic acid groups (broad SMARTS) is 1. The van der Waals surface area contributed by atoms with Crippen molar-refractivity contribution >= 4 is 33.6 Å². The maximum Gasteiger partial charge on any atom is 0.490 e. The first-order valence-corrected chi connectivity index (χ1v) is 14.1. The minimum absolute atomic E-state index is 0.407. The first kappa shape index (κ1) is 30.4. The van der Waals surface area contributed by atoms with Gasteiger partial charge in [0.2, 0.25) is 21.9 Å². The Labute approximate surface area is 229 Å². The van der Waals surface area contributed by atoms with Crippen LogP contribution in [0.5, 0.6) is 5.75 Å². The number of alkyl halides is 3. The van der Waals surface area contributed by atoms with E-state index in [-0.39, 0.29) is 0 Å². The van der Waals surface area contributed by atoms with Crippen molar-refractivity contribution in [2.24, 2.45) is 0 Å². The van der Waals surface area contributed by atoms with Crippen molar-refractivity contribution < 1.29 is 36.2 Å². The lowest BCUT2D eigenvalue weighted by atomic mass is 10.1. The molecule has 15 heteroatoms. The number of benzene rings is 2. The number of hydrogen-bond acceptors (Lipinski definition) is 9. The minimum Gasteiger partial charge on any atom is -0.492 e. The molecule has 1 fully saturated rings. The Bertz CT molecular complexity index is 1360. The van der Waals surface area contributed by atoms with Gasteiger partial charge in [-0.3, -0.25) is 4.72 Å². The lowest BCUT2D eigenvalue weighted by Gasteiger charge is -2.11. The van der Waals surface area contributed by atoms with Gasteiger partial charge in [0.25, 0.3) is 0 Å². The van der Waals surface area contributed by atoms with Crippen LogP contribution in [0.1, 0.15) is 30.1 Å². The molecular weight excluding hydrogens is 553 g/mol. The molecule has 0 amide bonds. The minimum atomic E-state index is -5.08. The van der Waals surface area contributed by atoms with Crippen LogP contribution in [-0.4, -0.2) is 66.6 Å². The van der Waals surface area contributed by atoms with Crippen LogP contribution < -0.4 is 20.1 Å². The Morgan fingerprint density at radius 3 is 2.08 bits per heavy atom. The van der Waals surface area contributed by atoms with Gasteiger partial charge in [-0.25, -0.2) is 13.2 Å². The number of carboxylic acids is 1. The van der Waals surface area contributed by atoms with E-state index in [4.69, 9.17) is 14.6 Å². The first-order valence-electron chi connectivity index (χ1n) is 12.2. The highest BCUT2D eigenvalue weighted by atomic mass is 32.2. The van der Waals surface area contributed by atoms with Crippen LogP contribution in [-0.2, 0) is 21.2 Å². The van der Waals surface area contributed by atoms with Crippen molar-refractivity contribution in [1.82, 2.24) is 15.0 Å². The number of hydrogen-bond donors (Lipinski definition) is 4. The number of aliphatic carboxylic acids is 1. The Balaban J connectivity index is 0.000000559. The molecule has 3 aromatic rings. The molecule has 0 bridgehead atoms. The molecule has 0 unspecified atom stereocenters. The van der Waals surface area contributed by atoms with Crippen molar-refractivity contribution in [1.29, 1.82) is 0 Å². The highest BCUT2D eigenvalue weighted by molar-refractivity contribution is 7.92. The van der Waals surface area contributed by atoms with Crippen molar-refractivity contribution in [2.45, 2.75) is 31.4 Å². The van der Waals surface area contributed by atoms with Gasteiger partial charge >= 0.3 is 12.1 Å². The van der Waals surface area contributed by atoms with Gasteiger partial charge in [-0.15, -0.1) is 0 Å². The summed E-state index contributed by atoms with van der Waals surface area (Å²) in [6.07, 6.45) is -0.992. The molecule has 0 radical (unpaired) electrons. The van der Waals surface area contributed by atoms with Crippen LogP contribution in [0.4, 0.5) is 30.8 Å². The van der Waals surface area contributed by atoms with Gasteiger partial charge in [0, 0.05) is 18.2 Å². The molecular formula is C25H29F3N6O5S. The highest BCUT2D eigenvalue weighted by Gasteiger charge is 2.38. The average Bonchev–Trinajstić information content (AvgIpc) is 3.73. The Morgan fingerprint density at radius 1 is 0.975 bits per heavy atom. The molecule has 1 heterocycles. The van der Waals surface area contributed by atoms with E-state index >= 15 is 0 Å². The molecule has 4 N–H and O–H groups in total. The van der Waals surface area contributed by atoms with Crippen LogP contribution in [0.2, 0.25) is 0 Å². The van der Waals surface area contributed by atoms with E-state index in [9.17, 15) is 21.6 Å². The number of halogens is 3. The zero-order valence-corrected chi connectivity index (χ0v) is 22.3. The number of carbonyl (C=O) groups is 1. The maximum atomic E-state index is 11.3. The van der Waals surface area contributed by atoms with Gasteiger partial charge in [0.15, 0.2) is 0 Å². The van der Waals surface area contributed by atoms with E-state index < -0.39 is 22.2 Å². The van der Waals surface area contributed by atoms with Crippen molar-refractivity contribution in [3.8, 4) is 5.75 Å². The van der Waals surface area contributed by atoms with Crippen LogP contribution in [0.15, 0.2) is 54.6 Å². The summed E-state index contributed by atoms with van der Waals surface area (Å²) in [5.74, 6) is 0.388. The predicted octanol–water partition coefficient (Wildman–Crippen LogP) is 3.90. The smallest absolute Gasteiger partial charge is 0.490 e. The molecule has 1 saturated carbocycles. The van der Waals surface area contributed by atoms with Gasteiger partial charge < -0.3 is 20.5 Å². The van der Waals surface area contributed by atoms with E-state index in [2.05, 4.69) is 30.3 Å². The van der Waals surface area contributed by atoms with Crippen LogP contribution in [0.25, 0.3) is 0 Å². The zero-order chi connectivity index (χ0) is 29.2. The monoisotopic (exact) mass is 582 g/mol. The molecule has 1 aromatic heterocycles. The summed E-state index contributed by atoms with van der Waals surface area (Å²) in [4.78, 5) is 22.5. The summed E-state index contributed by atoms with van der Waals surface area (Å²) < 4.78 is 62.5. The molecule has 0 saturated heterocycles. The first-order chi connectivity index (χ1) is 18.9. The van der Waals surface area contributed by atoms with Gasteiger partial charge in [0.1, 0.15) is 18.2 Å². The topological polar surface area (TPSA) is 155 Å². The quantitative estimate of drug-likeness (QED) is 0.231. The predicted molar refractivity (Wildman–Crippen MR) is 143 cm³/mol.